The molecule has 2 unspecified atom stereocenters. The van der Waals surface area contributed by atoms with E-state index in [1.807, 2.05) is 42.5 Å². The number of hydrazone groups is 1. The van der Waals surface area contributed by atoms with Crippen LogP contribution in [0.5, 0.6) is 11.5 Å². The second-order valence-corrected chi connectivity index (χ2v) is 9.89. The molecule has 4 nitrogen and oxygen atoms in total. The first kappa shape index (κ1) is 20.1. The van der Waals surface area contributed by atoms with Crippen molar-refractivity contribution in [3.8, 4) is 11.5 Å². The second kappa shape index (κ2) is 8.02. The van der Waals surface area contributed by atoms with Crippen LogP contribution in [0.3, 0.4) is 0 Å². The summed E-state index contributed by atoms with van der Waals surface area (Å²) in [7, 11) is 1.67. The molecule has 152 valence electrons. The Labute approximate surface area is 200 Å². The molecule has 2 aliphatic rings. The van der Waals surface area contributed by atoms with Crippen LogP contribution in [0.4, 0.5) is 0 Å². The van der Waals surface area contributed by atoms with E-state index in [0.717, 1.165) is 53.7 Å². The highest BCUT2D eigenvalue weighted by Gasteiger charge is 2.41. The molecule has 3 aromatic carbocycles. The lowest BCUT2D eigenvalue weighted by molar-refractivity contribution is -0.0197. The molecule has 2 heterocycles. The normalized spacial score (nSPS) is 19.6. The van der Waals surface area contributed by atoms with E-state index < -0.39 is 0 Å². The molecule has 7 heteroatoms. The Hall–Kier alpha value is -1.83. The number of methoxy groups -OCH3 is 1. The van der Waals surface area contributed by atoms with E-state index in [4.69, 9.17) is 14.6 Å². The van der Waals surface area contributed by atoms with Crippen molar-refractivity contribution in [2.45, 2.75) is 18.7 Å². The molecule has 0 aliphatic carbocycles. The van der Waals surface area contributed by atoms with Gasteiger partial charge in [0.2, 0.25) is 6.23 Å². The lowest BCUT2D eigenvalue weighted by atomic mass is 9.96. The van der Waals surface area contributed by atoms with Crippen LogP contribution in [0, 0.1) is 0 Å². The van der Waals surface area contributed by atoms with Crippen LogP contribution in [0.25, 0.3) is 0 Å². The first-order chi connectivity index (χ1) is 14.5. The number of benzene rings is 3. The van der Waals surface area contributed by atoms with Gasteiger partial charge in [0.25, 0.3) is 0 Å². The molecule has 30 heavy (non-hydrogen) atoms. The van der Waals surface area contributed by atoms with Crippen molar-refractivity contribution in [1.82, 2.24) is 5.01 Å². The van der Waals surface area contributed by atoms with Gasteiger partial charge in [0.05, 0.1) is 23.3 Å². The van der Waals surface area contributed by atoms with Gasteiger partial charge in [-0.05, 0) is 70.0 Å². The third kappa shape index (κ3) is 3.57. The molecule has 0 fully saturated rings. The van der Waals surface area contributed by atoms with Gasteiger partial charge in [0, 0.05) is 26.5 Å². The van der Waals surface area contributed by atoms with E-state index in [1.54, 1.807) is 7.11 Å². The Morgan fingerprint density at radius 3 is 2.40 bits per heavy atom. The van der Waals surface area contributed by atoms with Crippen LogP contribution in [0.15, 0.2) is 79.2 Å². The summed E-state index contributed by atoms with van der Waals surface area (Å²) < 4.78 is 14.8. The minimum atomic E-state index is -0.321. The molecule has 0 saturated carbocycles. The first-order valence-electron chi connectivity index (χ1n) is 9.45. The topological polar surface area (TPSA) is 34.1 Å². The molecular weight excluding hydrogens is 576 g/mol. The van der Waals surface area contributed by atoms with Crippen LogP contribution in [0.1, 0.15) is 35.4 Å². The number of halogens is 3. The van der Waals surface area contributed by atoms with Crippen molar-refractivity contribution in [2.24, 2.45) is 5.10 Å². The Morgan fingerprint density at radius 1 is 0.967 bits per heavy atom. The number of hydrogen-bond acceptors (Lipinski definition) is 4. The van der Waals surface area contributed by atoms with E-state index in [0.29, 0.717) is 0 Å². The van der Waals surface area contributed by atoms with E-state index in [2.05, 4.69) is 71.0 Å². The second-order valence-electron chi connectivity index (χ2n) is 7.20. The number of hydrogen-bond donors (Lipinski definition) is 0. The number of nitrogens with zero attached hydrogens (tertiary/aromatic N) is 2. The van der Waals surface area contributed by atoms with Crippen molar-refractivity contribution < 1.29 is 9.47 Å². The SMILES string of the molecule is COc1ccc(C2Oc3c(Br)cc(Br)cc3C3CC(c4ccc(Br)cc4)=NN32)cc1. The molecule has 0 amide bonds. The monoisotopic (exact) mass is 590 g/mol. The summed E-state index contributed by atoms with van der Waals surface area (Å²) in [6.07, 6.45) is 0.493. The van der Waals surface area contributed by atoms with Crippen molar-refractivity contribution >= 4 is 53.5 Å². The molecule has 5 rings (SSSR count). The van der Waals surface area contributed by atoms with Crippen molar-refractivity contribution in [1.29, 1.82) is 0 Å². The number of rotatable bonds is 3. The molecule has 0 spiro atoms. The van der Waals surface area contributed by atoms with Crippen molar-refractivity contribution in [3.63, 3.8) is 0 Å². The highest BCUT2D eigenvalue weighted by Crippen LogP contribution is 2.50. The summed E-state index contributed by atoms with van der Waals surface area (Å²) >= 11 is 10.8. The van der Waals surface area contributed by atoms with Gasteiger partial charge in [-0.3, -0.25) is 0 Å². The highest BCUT2D eigenvalue weighted by atomic mass is 79.9. The standard InChI is InChI=1S/C23H17Br3N2O2/c1-29-17-8-4-14(5-9-17)23-28-21(18-10-16(25)11-19(26)22(18)30-23)12-20(27-28)13-2-6-15(24)7-3-13/h2-11,21,23H,12H2,1H3. The smallest absolute Gasteiger partial charge is 0.213 e. The van der Waals surface area contributed by atoms with Crippen LogP contribution in [-0.4, -0.2) is 17.8 Å². The summed E-state index contributed by atoms with van der Waals surface area (Å²) in [5.74, 6) is 1.68. The first-order valence-corrected chi connectivity index (χ1v) is 11.8. The van der Waals surface area contributed by atoms with Gasteiger partial charge in [0.15, 0.2) is 0 Å². The van der Waals surface area contributed by atoms with E-state index in [-0.39, 0.29) is 12.3 Å². The molecule has 0 aromatic heterocycles. The zero-order valence-electron chi connectivity index (χ0n) is 16.0. The van der Waals surface area contributed by atoms with E-state index >= 15 is 0 Å². The van der Waals surface area contributed by atoms with Crippen molar-refractivity contribution in [3.05, 3.63) is 90.8 Å². The van der Waals surface area contributed by atoms with Crippen molar-refractivity contribution in [2.75, 3.05) is 7.11 Å². The maximum absolute atomic E-state index is 6.50. The number of fused-ring (bicyclic) bond motifs is 3. The van der Waals surface area contributed by atoms with Gasteiger partial charge < -0.3 is 9.47 Å². The van der Waals surface area contributed by atoms with Gasteiger partial charge in [-0.15, -0.1) is 0 Å². The van der Waals surface area contributed by atoms with Gasteiger partial charge >= 0.3 is 0 Å². The van der Waals surface area contributed by atoms with E-state index in [1.165, 1.54) is 0 Å². The third-order valence-electron chi connectivity index (χ3n) is 5.39. The van der Waals surface area contributed by atoms with E-state index in [9.17, 15) is 0 Å². The lowest BCUT2D eigenvalue weighted by Crippen LogP contribution is -2.33. The van der Waals surface area contributed by atoms with Gasteiger partial charge in [-0.2, -0.15) is 5.10 Å². The zero-order valence-corrected chi connectivity index (χ0v) is 20.7. The van der Waals surface area contributed by atoms with Crippen LogP contribution in [0.2, 0.25) is 0 Å². The number of ether oxygens (including phenoxy) is 2. The molecule has 0 bridgehead atoms. The molecule has 0 radical (unpaired) electrons. The Kier molecular flexibility index (Phi) is 5.37. The molecule has 0 saturated heterocycles. The lowest BCUT2D eigenvalue weighted by Gasteiger charge is -2.38. The Bertz CT molecular complexity index is 1130. The van der Waals surface area contributed by atoms with Crippen LogP contribution >= 0.6 is 47.8 Å². The van der Waals surface area contributed by atoms with Crippen LogP contribution < -0.4 is 9.47 Å². The summed E-state index contributed by atoms with van der Waals surface area (Å²) in [5, 5.41) is 7.10. The fourth-order valence-corrected chi connectivity index (χ4v) is 5.54. The quantitative estimate of drug-likeness (QED) is 0.322. The minimum absolute atomic E-state index is 0.0910. The molecule has 3 aromatic rings. The fraction of sp³-hybridized carbons (Fsp3) is 0.174. The molecular formula is C23H17Br3N2O2. The summed E-state index contributed by atoms with van der Waals surface area (Å²) in [6, 6.07) is 20.5. The van der Waals surface area contributed by atoms with Crippen LogP contribution in [-0.2, 0) is 0 Å². The van der Waals surface area contributed by atoms with Gasteiger partial charge in [-0.1, -0.05) is 44.0 Å². The summed E-state index contributed by atoms with van der Waals surface area (Å²) in [4.78, 5) is 0. The summed E-state index contributed by atoms with van der Waals surface area (Å²) in [6.45, 7) is 0. The maximum atomic E-state index is 6.50. The maximum Gasteiger partial charge on any atom is 0.213 e. The third-order valence-corrected chi connectivity index (χ3v) is 6.96. The minimum Gasteiger partial charge on any atom is -0.497 e. The van der Waals surface area contributed by atoms with Gasteiger partial charge in [0.1, 0.15) is 11.5 Å². The highest BCUT2D eigenvalue weighted by molar-refractivity contribution is 9.11. The Balaban J connectivity index is 1.60. The van der Waals surface area contributed by atoms with Gasteiger partial charge in [-0.25, -0.2) is 5.01 Å². The largest absolute Gasteiger partial charge is 0.497 e. The molecule has 0 N–H and O–H groups in total. The molecule has 2 aliphatic heterocycles. The average Bonchev–Trinajstić information content (AvgIpc) is 3.20. The predicted octanol–water partition coefficient (Wildman–Crippen LogP) is 7.23. The summed E-state index contributed by atoms with van der Waals surface area (Å²) in [5.41, 5.74) is 4.33. The predicted molar refractivity (Wildman–Crippen MR) is 128 cm³/mol. The Morgan fingerprint density at radius 2 is 1.70 bits per heavy atom. The fourth-order valence-electron chi connectivity index (χ4n) is 3.92. The molecule has 2 atom stereocenters. The average molecular weight is 593 g/mol. The zero-order chi connectivity index (χ0) is 20.8.